The Labute approximate surface area is 123 Å². The van der Waals surface area contributed by atoms with Crippen molar-refractivity contribution in [1.82, 2.24) is 14.5 Å². The van der Waals surface area contributed by atoms with E-state index < -0.39 is 16.8 Å². The molecular formula is C13H10N4O5. The summed E-state index contributed by atoms with van der Waals surface area (Å²) in [5.41, 5.74) is -0.0454. The zero-order valence-corrected chi connectivity index (χ0v) is 11.4. The van der Waals surface area contributed by atoms with Crippen molar-refractivity contribution in [2.24, 2.45) is 0 Å². The molecule has 0 aliphatic carbocycles. The number of carbonyl (C=O) groups excluding carboxylic acids is 1. The number of benzene rings is 1. The van der Waals surface area contributed by atoms with Crippen LogP contribution in [-0.4, -0.2) is 43.4 Å². The van der Waals surface area contributed by atoms with E-state index in [1.165, 1.54) is 41.0 Å². The van der Waals surface area contributed by atoms with E-state index in [4.69, 9.17) is 0 Å². The minimum absolute atomic E-state index is 0.00764. The lowest BCUT2D eigenvalue weighted by molar-refractivity contribution is -0.385. The van der Waals surface area contributed by atoms with E-state index in [1.807, 2.05) is 0 Å². The summed E-state index contributed by atoms with van der Waals surface area (Å²) in [6.07, 6.45) is 1.26. The second-order valence-electron chi connectivity index (χ2n) is 4.80. The van der Waals surface area contributed by atoms with Crippen molar-refractivity contribution >= 4 is 17.6 Å². The lowest BCUT2D eigenvalue weighted by Crippen LogP contribution is -2.26. The highest BCUT2D eigenvalue weighted by Gasteiger charge is 2.33. The van der Waals surface area contributed by atoms with Gasteiger partial charge in [0, 0.05) is 13.1 Å². The summed E-state index contributed by atoms with van der Waals surface area (Å²) in [4.78, 5) is 39.3. The van der Waals surface area contributed by atoms with Crippen LogP contribution in [-0.2, 0) is 6.54 Å². The second-order valence-corrected chi connectivity index (χ2v) is 4.80. The Morgan fingerprint density at radius 1 is 1.45 bits per heavy atom. The number of carboxylic acids is 1. The third-order valence-electron chi connectivity index (χ3n) is 3.49. The maximum absolute atomic E-state index is 12.4. The number of fused-ring (bicyclic) bond motifs is 3. The zero-order valence-electron chi connectivity index (χ0n) is 11.4. The number of hydrogen-bond donors (Lipinski definition) is 1. The zero-order chi connectivity index (χ0) is 16.0. The molecule has 22 heavy (non-hydrogen) atoms. The SMILES string of the molecule is CN1Cc2c(C(=O)O)ncn2-c2cccc([N+](=O)[O-])c2C1=O. The Hall–Kier alpha value is -3.23. The largest absolute Gasteiger partial charge is 0.476 e. The predicted octanol–water partition coefficient (Wildman–Crippen LogP) is 1.06. The van der Waals surface area contributed by atoms with E-state index in [-0.39, 0.29) is 29.2 Å². The van der Waals surface area contributed by atoms with Crippen LogP contribution < -0.4 is 0 Å². The summed E-state index contributed by atoms with van der Waals surface area (Å²) < 4.78 is 1.41. The fourth-order valence-electron chi connectivity index (χ4n) is 2.50. The van der Waals surface area contributed by atoms with E-state index in [1.54, 1.807) is 0 Å². The van der Waals surface area contributed by atoms with Crippen molar-refractivity contribution in [1.29, 1.82) is 0 Å². The lowest BCUT2D eigenvalue weighted by Gasteiger charge is -2.14. The first-order valence-corrected chi connectivity index (χ1v) is 6.24. The molecule has 0 saturated heterocycles. The predicted molar refractivity (Wildman–Crippen MR) is 73.0 cm³/mol. The monoisotopic (exact) mass is 302 g/mol. The molecule has 1 N–H and O–H groups in total. The highest BCUT2D eigenvalue weighted by atomic mass is 16.6. The molecule has 0 spiro atoms. The quantitative estimate of drug-likeness (QED) is 0.654. The maximum Gasteiger partial charge on any atom is 0.356 e. The molecule has 9 heteroatoms. The van der Waals surface area contributed by atoms with Crippen LogP contribution in [0.3, 0.4) is 0 Å². The van der Waals surface area contributed by atoms with Gasteiger partial charge < -0.3 is 10.0 Å². The molecule has 1 aliphatic heterocycles. The van der Waals surface area contributed by atoms with Gasteiger partial charge in [0.1, 0.15) is 11.9 Å². The van der Waals surface area contributed by atoms with Crippen molar-refractivity contribution in [2.45, 2.75) is 6.54 Å². The van der Waals surface area contributed by atoms with Crippen molar-refractivity contribution in [3.8, 4) is 5.69 Å². The molecule has 0 radical (unpaired) electrons. The first-order chi connectivity index (χ1) is 10.4. The van der Waals surface area contributed by atoms with E-state index >= 15 is 0 Å². The molecule has 0 bridgehead atoms. The number of nitro benzene ring substituents is 1. The number of nitro groups is 1. The lowest BCUT2D eigenvalue weighted by atomic mass is 10.1. The normalized spacial score (nSPS) is 13.3. The van der Waals surface area contributed by atoms with Gasteiger partial charge in [-0.15, -0.1) is 0 Å². The first-order valence-electron chi connectivity index (χ1n) is 6.24. The molecule has 2 heterocycles. The van der Waals surface area contributed by atoms with Crippen LogP contribution >= 0.6 is 0 Å². The number of aromatic nitrogens is 2. The average Bonchev–Trinajstić information content (AvgIpc) is 2.85. The molecule has 0 saturated carbocycles. The van der Waals surface area contributed by atoms with Crippen LogP contribution in [0.2, 0.25) is 0 Å². The molecule has 1 aliphatic rings. The molecule has 9 nitrogen and oxygen atoms in total. The van der Waals surface area contributed by atoms with Crippen molar-refractivity contribution in [3.05, 3.63) is 51.6 Å². The molecular weight excluding hydrogens is 292 g/mol. The molecule has 1 aromatic carbocycles. The molecule has 1 aromatic heterocycles. The Kier molecular flexibility index (Phi) is 2.91. The summed E-state index contributed by atoms with van der Waals surface area (Å²) in [5.74, 6) is -1.76. The van der Waals surface area contributed by atoms with E-state index in [0.29, 0.717) is 5.69 Å². The smallest absolute Gasteiger partial charge is 0.356 e. The van der Waals surface area contributed by atoms with Gasteiger partial charge in [0.05, 0.1) is 22.8 Å². The first kappa shape index (κ1) is 13.7. The minimum Gasteiger partial charge on any atom is -0.476 e. The summed E-state index contributed by atoms with van der Waals surface area (Å²) in [6.45, 7) is -0.00764. The van der Waals surface area contributed by atoms with Crippen LogP contribution in [0, 0.1) is 10.1 Å². The van der Waals surface area contributed by atoms with Gasteiger partial charge >= 0.3 is 5.97 Å². The third-order valence-corrected chi connectivity index (χ3v) is 3.49. The highest BCUT2D eigenvalue weighted by Crippen LogP contribution is 2.31. The molecule has 3 rings (SSSR count). The third kappa shape index (κ3) is 1.83. The topological polar surface area (TPSA) is 119 Å². The standard InChI is InChI=1S/C13H10N4O5/c1-15-5-9-11(13(19)20)14-6-16(9)7-3-2-4-8(17(21)22)10(7)12(15)18/h2-4,6H,5H2,1H3,(H,19,20). The number of amides is 1. The summed E-state index contributed by atoms with van der Waals surface area (Å²) in [5, 5.41) is 20.4. The highest BCUT2D eigenvalue weighted by molar-refractivity contribution is 6.02. The van der Waals surface area contributed by atoms with Gasteiger partial charge in [-0.1, -0.05) is 6.07 Å². The Bertz CT molecular complexity index is 826. The number of carboxylic acid groups (broad SMARTS) is 1. The van der Waals surface area contributed by atoms with E-state index in [2.05, 4.69) is 4.98 Å². The molecule has 1 amide bonds. The van der Waals surface area contributed by atoms with Crippen molar-refractivity contribution in [2.75, 3.05) is 7.05 Å². The minimum atomic E-state index is -1.22. The second kappa shape index (κ2) is 4.65. The fourth-order valence-corrected chi connectivity index (χ4v) is 2.50. The molecule has 2 aromatic rings. The van der Waals surface area contributed by atoms with E-state index in [0.717, 1.165) is 0 Å². The molecule has 112 valence electrons. The van der Waals surface area contributed by atoms with E-state index in [9.17, 15) is 24.8 Å². The van der Waals surface area contributed by atoms with Crippen LogP contribution in [0.4, 0.5) is 5.69 Å². The van der Waals surface area contributed by atoms with Crippen LogP contribution in [0.5, 0.6) is 0 Å². The Morgan fingerprint density at radius 3 is 2.82 bits per heavy atom. The van der Waals surface area contributed by atoms with Crippen LogP contribution in [0.15, 0.2) is 24.5 Å². The number of carbonyl (C=O) groups is 2. The van der Waals surface area contributed by atoms with Crippen molar-refractivity contribution in [3.63, 3.8) is 0 Å². The number of rotatable bonds is 2. The number of nitrogens with zero attached hydrogens (tertiary/aromatic N) is 4. The summed E-state index contributed by atoms with van der Waals surface area (Å²) in [6, 6.07) is 4.21. The van der Waals surface area contributed by atoms with Gasteiger partial charge in [0.15, 0.2) is 5.69 Å². The average molecular weight is 302 g/mol. The number of aromatic carboxylic acids is 1. The van der Waals surface area contributed by atoms with Gasteiger partial charge in [-0.3, -0.25) is 19.5 Å². The number of hydrogen-bond acceptors (Lipinski definition) is 5. The van der Waals surface area contributed by atoms with Crippen molar-refractivity contribution < 1.29 is 19.6 Å². The Balaban J connectivity index is 2.36. The summed E-state index contributed by atoms with van der Waals surface area (Å²) in [7, 11) is 1.46. The fraction of sp³-hybridized carbons (Fsp3) is 0.154. The number of imidazole rings is 1. The van der Waals surface area contributed by atoms with Gasteiger partial charge in [-0.25, -0.2) is 9.78 Å². The van der Waals surface area contributed by atoms with Gasteiger partial charge in [0.25, 0.3) is 11.6 Å². The van der Waals surface area contributed by atoms with Gasteiger partial charge in [0.2, 0.25) is 0 Å². The molecule has 0 fully saturated rings. The maximum atomic E-state index is 12.4. The Morgan fingerprint density at radius 2 is 2.18 bits per heavy atom. The molecule has 0 unspecified atom stereocenters. The van der Waals surface area contributed by atoms with Gasteiger partial charge in [-0.2, -0.15) is 0 Å². The molecule has 0 atom stereocenters. The van der Waals surface area contributed by atoms with Crippen LogP contribution in [0.25, 0.3) is 5.69 Å². The van der Waals surface area contributed by atoms with Crippen LogP contribution in [0.1, 0.15) is 26.5 Å². The summed E-state index contributed by atoms with van der Waals surface area (Å²) >= 11 is 0. The van der Waals surface area contributed by atoms with Gasteiger partial charge in [-0.05, 0) is 6.07 Å².